The van der Waals surface area contributed by atoms with Gasteiger partial charge in [-0.3, -0.25) is 14.4 Å². The summed E-state index contributed by atoms with van der Waals surface area (Å²) in [6, 6.07) is 0. The van der Waals surface area contributed by atoms with Gasteiger partial charge in [-0.15, -0.1) is 0 Å². The summed E-state index contributed by atoms with van der Waals surface area (Å²) in [5.41, 5.74) is 0. The van der Waals surface area contributed by atoms with E-state index in [-0.39, 0.29) is 32.0 Å². The van der Waals surface area contributed by atoms with E-state index in [1.54, 1.807) is 6.08 Å². The van der Waals surface area contributed by atoms with Gasteiger partial charge in [-0.2, -0.15) is 0 Å². The first-order chi connectivity index (χ1) is 35.0. The molecule has 0 aromatic carbocycles. The molecule has 0 fully saturated rings. The second kappa shape index (κ2) is 58.1. The molecule has 1 unspecified atom stereocenters. The van der Waals surface area contributed by atoms with E-state index < -0.39 is 18.0 Å². The summed E-state index contributed by atoms with van der Waals surface area (Å²) < 4.78 is 16.7. The molecule has 0 bridgehead atoms. The van der Waals surface area contributed by atoms with Crippen LogP contribution in [-0.2, 0) is 28.6 Å². The molecule has 0 amide bonds. The summed E-state index contributed by atoms with van der Waals surface area (Å²) in [6.45, 7) is 6.27. The van der Waals surface area contributed by atoms with Crippen LogP contribution in [0.1, 0.15) is 239 Å². The molecule has 1 atom stereocenters. The van der Waals surface area contributed by atoms with E-state index in [4.69, 9.17) is 14.2 Å². The van der Waals surface area contributed by atoms with Crippen molar-refractivity contribution < 1.29 is 28.6 Å². The van der Waals surface area contributed by atoms with Crippen molar-refractivity contribution >= 4 is 17.9 Å². The van der Waals surface area contributed by atoms with Crippen molar-refractivity contribution in [1.29, 1.82) is 0 Å². The van der Waals surface area contributed by atoms with Crippen molar-refractivity contribution in [1.82, 2.24) is 0 Å². The van der Waals surface area contributed by atoms with Crippen LogP contribution in [0.15, 0.2) is 134 Å². The molecular formula is C65H104O6. The summed E-state index contributed by atoms with van der Waals surface area (Å²) in [7, 11) is 0. The van der Waals surface area contributed by atoms with Crippen LogP contribution in [0.4, 0.5) is 0 Å². The van der Waals surface area contributed by atoms with Gasteiger partial charge in [0.25, 0.3) is 0 Å². The van der Waals surface area contributed by atoms with Crippen molar-refractivity contribution in [2.75, 3.05) is 13.2 Å². The van der Waals surface area contributed by atoms with Crippen LogP contribution in [-0.4, -0.2) is 37.2 Å². The molecule has 6 nitrogen and oxygen atoms in total. The monoisotopic (exact) mass is 981 g/mol. The predicted octanol–water partition coefficient (Wildman–Crippen LogP) is 19.4. The van der Waals surface area contributed by atoms with Crippen LogP contribution in [0.2, 0.25) is 0 Å². The topological polar surface area (TPSA) is 78.9 Å². The Hall–Kier alpha value is -4.45. The van der Waals surface area contributed by atoms with Gasteiger partial charge in [0.1, 0.15) is 13.2 Å². The quantitative estimate of drug-likeness (QED) is 0.0262. The van der Waals surface area contributed by atoms with Crippen molar-refractivity contribution in [2.24, 2.45) is 0 Å². The van der Waals surface area contributed by atoms with Crippen molar-refractivity contribution in [3.63, 3.8) is 0 Å². The largest absolute Gasteiger partial charge is 0.462 e. The number of esters is 3. The molecule has 71 heavy (non-hydrogen) atoms. The number of ether oxygens (including phenoxy) is 3. The smallest absolute Gasteiger partial charge is 0.309 e. The molecule has 0 aromatic heterocycles. The maximum absolute atomic E-state index is 12.8. The second-order valence-corrected chi connectivity index (χ2v) is 18.4. The molecule has 0 aromatic rings. The van der Waals surface area contributed by atoms with Crippen LogP contribution in [0.5, 0.6) is 0 Å². The predicted molar refractivity (Wildman–Crippen MR) is 306 cm³/mol. The van der Waals surface area contributed by atoms with E-state index in [0.717, 1.165) is 89.9 Å². The molecule has 0 aliphatic heterocycles. The highest BCUT2D eigenvalue weighted by atomic mass is 16.6. The number of carbonyl (C=O) groups excluding carboxylic acids is 3. The van der Waals surface area contributed by atoms with Crippen molar-refractivity contribution in [2.45, 2.75) is 245 Å². The van der Waals surface area contributed by atoms with Gasteiger partial charge in [0, 0.05) is 12.8 Å². The average molecular weight is 982 g/mol. The van der Waals surface area contributed by atoms with Crippen LogP contribution in [0, 0.1) is 0 Å². The Balaban J connectivity index is 4.55. The Morgan fingerprint density at radius 3 is 1.04 bits per heavy atom. The number of allylic oxidation sites excluding steroid dienone is 21. The summed E-state index contributed by atoms with van der Waals surface area (Å²) in [5, 5.41) is 0. The Labute approximate surface area is 436 Å². The van der Waals surface area contributed by atoms with E-state index in [2.05, 4.69) is 142 Å². The van der Waals surface area contributed by atoms with Crippen LogP contribution < -0.4 is 0 Å². The minimum absolute atomic E-state index is 0.109. The zero-order valence-electron chi connectivity index (χ0n) is 45.7. The molecule has 0 rings (SSSR count). The lowest BCUT2D eigenvalue weighted by Crippen LogP contribution is -2.30. The van der Waals surface area contributed by atoms with Crippen LogP contribution in [0.3, 0.4) is 0 Å². The molecule has 0 radical (unpaired) electrons. The van der Waals surface area contributed by atoms with Gasteiger partial charge in [-0.05, 0) is 109 Å². The maximum Gasteiger partial charge on any atom is 0.309 e. The van der Waals surface area contributed by atoms with Crippen molar-refractivity contribution in [3.05, 3.63) is 134 Å². The van der Waals surface area contributed by atoms with Gasteiger partial charge in [-0.1, -0.05) is 244 Å². The van der Waals surface area contributed by atoms with Gasteiger partial charge in [-0.25, -0.2) is 0 Å². The van der Waals surface area contributed by atoms with E-state index in [1.165, 1.54) is 103 Å². The lowest BCUT2D eigenvalue weighted by molar-refractivity contribution is -0.166. The number of rotatable bonds is 50. The molecule has 0 N–H and O–H groups in total. The molecule has 400 valence electrons. The van der Waals surface area contributed by atoms with Gasteiger partial charge in [0.2, 0.25) is 0 Å². The molecule has 0 aliphatic rings. The number of unbranched alkanes of at least 4 members (excludes halogenated alkanes) is 18. The molecule has 0 aliphatic carbocycles. The van der Waals surface area contributed by atoms with Crippen LogP contribution in [0.25, 0.3) is 0 Å². The summed E-state index contributed by atoms with van der Waals surface area (Å²) in [5.74, 6) is -1.14. The lowest BCUT2D eigenvalue weighted by atomic mass is 10.1. The minimum Gasteiger partial charge on any atom is -0.462 e. The highest BCUT2D eigenvalue weighted by molar-refractivity contribution is 5.72. The standard InChI is InChI=1S/C65H104O6/c1-4-7-10-13-16-19-22-25-28-30-31-32-33-35-37-40-43-46-49-52-55-58-64(67)70-61-62(60-69-63(66)57-54-51-48-45-42-39-36-27-24-21-18-15-12-9-6-3)71-65(68)59-56-53-50-47-44-41-38-34-29-26-23-20-17-14-11-8-5-2/h8-9,11-12,17-18,20-21,26-27,29-31,36,38,41-42,45,47,50-51,54,62H,4-7,10,13-16,19,22-25,28,32-35,37,39-40,43-44,46,48-49,52-53,55-61H2,1-3H3/b11-8-,12-9-,20-17-,21-18-,29-26-,31-30-,36-27-,41-38-,45-42-,50-47-,54-51-. The highest BCUT2D eigenvalue weighted by Gasteiger charge is 2.19. The molecule has 0 spiro atoms. The normalized spacial score (nSPS) is 13.1. The maximum atomic E-state index is 12.8. The second-order valence-electron chi connectivity index (χ2n) is 18.4. The Bertz CT molecular complexity index is 1550. The summed E-state index contributed by atoms with van der Waals surface area (Å²) in [4.78, 5) is 38.1. The van der Waals surface area contributed by atoms with Gasteiger partial charge < -0.3 is 14.2 Å². The number of hydrogen-bond donors (Lipinski definition) is 0. The highest BCUT2D eigenvalue weighted by Crippen LogP contribution is 2.14. The SMILES string of the molecule is CC/C=C\C/C=C\C/C=C\C/C=C\C/C=C\CCCC(=O)OC(COC(=O)C/C=C\C/C=C\C/C=C\C/C=C\C/C=C\CC)COC(=O)CCCCCCCCCCC/C=C\CCCCCCCCCC. The van der Waals surface area contributed by atoms with Crippen LogP contribution >= 0.6 is 0 Å². The number of hydrogen-bond acceptors (Lipinski definition) is 6. The van der Waals surface area contributed by atoms with E-state index >= 15 is 0 Å². The summed E-state index contributed by atoms with van der Waals surface area (Å²) in [6.07, 6.45) is 81.9. The Morgan fingerprint density at radius 1 is 0.310 bits per heavy atom. The first-order valence-corrected chi connectivity index (χ1v) is 28.7. The Kier molecular flexibility index (Phi) is 54.5. The first-order valence-electron chi connectivity index (χ1n) is 28.7. The fourth-order valence-corrected chi connectivity index (χ4v) is 7.43. The van der Waals surface area contributed by atoms with Gasteiger partial charge in [0.05, 0.1) is 6.42 Å². The summed E-state index contributed by atoms with van der Waals surface area (Å²) >= 11 is 0. The van der Waals surface area contributed by atoms with E-state index in [9.17, 15) is 14.4 Å². The Morgan fingerprint density at radius 2 is 0.620 bits per heavy atom. The van der Waals surface area contributed by atoms with E-state index in [0.29, 0.717) is 12.8 Å². The third-order valence-electron chi connectivity index (χ3n) is 11.7. The molecule has 0 heterocycles. The molecule has 6 heteroatoms. The fourth-order valence-electron chi connectivity index (χ4n) is 7.43. The number of carbonyl (C=O) groups is 3. The molecular weight excluding hydrogens is 877 g/mol. The van der Waals surface area contributed by atoms with Gasteiger partial charge >= 0.3 is 17.9 Å². The zero-order valence-corrected chi connectivity index (χ0v) is 45.7. The average Bonchev–Trinajstić information content (AvgIpc) is 3.37. The third kappa shape index (κ3) is 56.3. The minimum atomic E-state index is -0.854. The van der Waals surface area contributed by atoms with Gasteiger partial charge in [0.15, 0.2) is 6.10 Å². The van der Waals surface area contributed by atoms with E-state index in [1.807, 2.05) is 6.08 Å². The fraction of sp³-hybridized carbons (Fsp3) is 0.615. The molecule has 0 saturated carbocycles. The van der Waals surface area contributed by atoms with Crippen molar-refractivity contribution in [3.8, 4) is 0 Å². The molecule has 0 saturated heterocycles. The third-order valence-corrected chi connectivity index (χ3v) is 11.7. The zero-order chi connectivity index (χ0) is 51.4. The first kappa shape index (κ1) is 66.6. The lowest BCUT2D eigenvalue weighted by Gasteiger charge is -2.18.